The molecular weight excluding hydrogens is 536 g/mol. The van der Waals surface area contributed by atoms with Crippen LogP contribution in [0.25, 0.3) is 11.1 Å². The summed E-state index contributed by atoms with van der Waals surface area (Å²) >= 11 is 0. The standard InChI is InChI=1S/C30H30O11/c1-12-7-19-24(17(33)11-30(4,41-19)28-15(31)9-21(35)39-28)26(37)22(12)14-5-6-18-23(25(14)36)16(32)10-29(3,40-18)27-13(2)8-20(34)38-27/h5-7,13,15,27-28,31,36-37H,8-11H2,1-4H3/t13-,15?,27+,28+,29+,30-/m0/s1. The van der Waals surface area contributed by atoms with Gasteiger partial charge in [0.2, 0.25) is 0 Å². The number of phenolic OH excluding ortho intramolecular Hbond substituents is 2. The third-order valence-electron chi connectivity index (χ3n) is 8.59. The summed E-state index contributed by atoms with van der Waals surface area (Å²) in [5, 5.41) is 32.9. The average Bonchev–Trinajstić information content (AvgIpc) is 3.39. The molecule has 4 aliphatic heterocycles. The first-order valence-corrected chi connectivity index (χ1v) is 13.5. The second kappa shape index (κ2) is 8.94. The van der Waals surface area contributed by atoms with Gasteiger partial charge in [0.25, 0.3) is 0 Å². The molecule has 3 N–H and O–H groups in total. The third-order valence-corrected chi connectivity index (χ3v) is 8.59. The highest BCUT2D eigenvalue weighted by Gasteiger charge is 2.53. The highest BCUT2D eigenvalue weighted by molar-refractivity contribution is 6.08. The molecule has 6 rings (SSSR count). The largest absolute Gasteiger partial charge is 0.506 e. The Bertz CT molecular complexity index is 1540. The Morgan fingerprint density at radius 2 is 1.34 bits per heavy atom. The number of benzene rings is 2. The summed E-state index contributed by atoms with van der Waals surface area (Å²) in [6.07, 6.45) is -3.25. The van der Waals surface area contributed by atoms with Gasteiger partial charge in [0.15, 0.2) is 28.9 Å². The van der Waals surface area contributed by atoms with E-state index in [4.69, 9.17) is 18.9 Å². The van der Waals surface area contributed by atoms with E-state index in [0.717, 1.165) is 0 Å². The van der Waals surface area contributed by atoms with Gasteiger partial charge in [0.05, 0.1) is 25.7 Å². The van der Waals surface area contributed by atoms with Crippen LogP contribution in [0.15, 0.2) is 18.2 Å². The quantitative estimate of drug-likeness (QED) is 0.467. The van der Waals surface area contributed by atoms with Crippen molar-refractivity contribution in [3.63, 3.8) is 0 Å². The lowest BCUT2D eigenvalue weighted by molar-refractivity contribution is -0.152. The molecule has 216 valence electrons. The van der Waals surface area contributed by atoms with Crippen LogP contribution in [0.5, 0.6) is 23.0 Å². The maximum atomic E-state index is 13.4. The Balaban J connectivity index is 1.38. The number of aromatic hydroxyl groups is 2. The number of ketones is 2. The Labute approximate surface area is 235 Å². The highest BCUT2D eigenvalue weighted by Crippen LogP contribution is 2.52. The molecule has 2 aromatic carbocycles. The van der Waals surface area contributed by atoms with Crippen molar-refractivity contribution in [3.05, 3.63) is 34.9 Å². The molecule has 11 nitrogen and oxygen atoms in total. The summed E-state index contributed by atoms with van der Waals surface area (Å²) in [7, 11) is 0. The summed E-state index contributed by atoms with van der Waals surface area (Å²) in [5.74, 6) is -2.72. The van der Waals surface area contributed by atoms with Crippen molar-refractivity contribution in [1.29, 1.82) is 0 Å². The number of phenols is 2. The topological polar surface area (TPSA) is 166 Å². The number of carbonyl (C=O) groups is 4. The molecule has 6 atom stereocenters. The number of hydrogen-bond acceptors (Lipinski definition) is 11. The molecule has 0 saturated carbocycles. The SMILES string of the molecule is Cc1cc2c(c(O)c1-c1ccc3c(c1O)C(=O)C[C@](C)([C@@H]1OC(=O)C[C@@H]1C)O3)C(=O)C[C@@](C)([C@@H]1OC(=O)CC1O)O2. The summed E-state index contributed by atoms with van der Waals surface area (Å²) in [6, 6.07) is 4.51. The zero-order valence-corrected chi connectivity index (χ0v) is 23.0. The summed E-state index contributed by atoms with van der Waals surface area (Å²) in [5.41, 5.74) is -1.98. The van der Waals surface area contributed by atoms with E-state index in [1.165, 1.54) is 18.2 Å². The average molecular weight is 567 g/mol. The van der Waals surface area contributed by atoms with Gasteiger partial charge in [-0.1, -0.05) is 6.92 Å². The van der Waals surface area contributed by atoms with E-state index in [9.17, 15) is 34.5 Å². The number of rotatable bonds is 3. The maximum Gasteiger partial charge on any atom is 0.309 e. The van der Waals surface area contributed by atoms with Gasteiger partial charge in [0, 0.05) is 17.0 Å². The number of cyclic esters (lactones) is 2. The first-order valence-electron chi connectivity index (χ1n) is 13.5. The van der Waals surface area contributed by atoms with Crippen LogP contribution in [0.2, 0.25) is 0 Å². The second-order valence-electron chi connectivity index (χ2n) is 11.9. The lowest BCUT2D eigenvalue weighted by Crippen LogP contribution is -2.53. The van der Waals surface area contributed by atoms with Crippen molar-refractivity contribution in [3.8, 4) is 34.1 Å². The molecule has 2 fully saturated rings. The lowest BCUT2D eigenvalue weighted by atomic mass is 9.80. The van der Waals surface area contributed by atoms with E-state index < -0.39 is 58.5 Å². The van der Waals surface area contributed by atoms with E-state index >= 15 is 0 Å². The predicted octanol–water partition coefficient (Wildman–Crippen LogP) is 3.15. The van der Waals surface area contributed by atoms with Gasteiger partial charge >= 0.3 is 11.9 Å². The summed E-state index contributed by atoms with van der Waals surface area (Å²) in [6.45, 7) is 6.75. The number of ether oxygens (including phenoxy) is 4. The normalized spacial score (nSPS) is 32.5. The molecule has 4 heterocycles. The first kappa shape index (κ1) is 27.1. The number of hydrogen-bond donors (Lipinski definition) is 3. The number of carbonyl (C=O) groups excluding carboxylic acids is 4. The molecule has 2 saturated heterocycles. The van der Waals surface area contributed by atoms with E-state index in [1.807, 2.05) is 6.92 Å². The fourth-order valence-corrected chi connectivity index (χ4v) is 6.77. The molecule has 0 aliphatic carbocycles. The zero-order chi connectivity index (χ0) is 29.6. The highest BCUT2D eigenvalue weighted by atomic mass is 16.6. The minimum absolute atomic E-state index is 0.0468. The van der Waals surface area contributed by atoms with Crippen LogP contribution >= 0.6 is 0 Å². The Hall–Kier alpha value is -4.12. The van der Waals surface area contributed by atoms with Crippen LogP contribution in [0.3, 0.4) is 0 Å². The predicted molar refractivity (Wildman–Crippen MR) is 140 cm³/mol. The van der Waals surface area contributed by atoms with Crippen molar-refractivity contribution in [1.82, 2.24) is 0 Å². The molecule has 0 aromatic heterocycles. The van der Waals surface area contributed by atoms with Gasteiger partial charge in [-0.2, -0.15) is 0 Å². The molecule has 11 heteroatoms. The van der Waals surface area contributed by atoms with Crippen molar-refractivity contribution >= 4 is 23.5 Å². The van der Waals surface area contributed by atoms with E-state index in [2.05, 4.69) is 0 Å². The van der Waals surface area contributed by atoms with Crippen molar-refractivity contribution in [2.75, 3.05) is 0 Å². The van der Waals surface area contributed by atoms with Crippen LogP contribution in [-0.4, -0.2) is 68.3 Å². The molecular formula is C30H30O11. The monoisotopic (exact) mass is 566 g/mol. The molecule has 4 aliphatic rings. The van der Waals surface area contributed by atoms with Crippen molar-refractivity contribution in [2.45, 2.75) is 82.9 Å². The number of aliphatic hydroxyl groups excluding tert-OH is 1. The Morgan fingerprint density at radius 1 is 0.780 bits per heavy atom. The van der Waals surface area contributed by atoms with Gasteiger partial charge in [0.1, 0.15) is 46.3 Å². The molecule has 1 unspecified atom stereocenters. The van der Waals surface area contributed by atoms with Crippen LogP contribution in [0.1, 0.15) is 72.7 Å². The minimum Gasteiger partial charge on any atom is -0.506 e. The van der Waals surface area contributed by atoms with E-state index in [-0.39, 0.29) is 71.3 Å². The zero-order valence-electron chi connectivity index (χ0n) is 23.0. The Morgan fingerprint density at radius 3 is 1.93 bits per heavy atom. The molecule has 41 heavy (non-hydrogen) atoms. The van der Waals surface area contributed by atoms with Gasteiger partial charge in [-0.05, 0) is 44.5 Å². The number of aliphatic hydroxyl groups is 1. The molecule has 0 bridgehead atoms. The smallest absolute Gasteiger partial charge is 0.309 e. The van der Waals surface area contributed by atoms with Gasteiger partial charge in [-0.3, -0.25) is 19.2 Å². The first-order chi connectivity index (χ1) is 19.2. The van der Waals surface area contributed by atoms with Crippen LogP contribution in [0.4, 0.5) is 0 Å². The molecule has 2 aromatic rings. The second-order valence-corrected chi connectivity index (χ2v) is 11.9. The summed E-state index contributed by atoms with van der Waals surface area (Å²) < 4.78 is 23.0. The summed E-state index contributed by atoms with van der Waals surface area (Å²) in [4.78, 5) is 50.3. The minimum atomic E-state index is -1.36. The van der Waals surface area contributed by atoms with Crippen LogP contribution in [0, 0.1) is 12.8 Å². The fraction of sp³-hybridized carbons (Fsp3) is 0.467. The van der Waals surface area contributed by atoms with Crippen LogP contribution < -0.4 is 9.47 Å². The fourth-order valence-electron chi connectivity index (χ4n) is 6.77. The van der Waals surface area contributed by atoms with Gasteiger partial charge in [-0.25, -0.2) is 0 Å². The van der Waals surface area contributed by atoms with E-state index in [0.29, 0.717) is 5.56 Å². The number of Topliss-reactive ketones (excluding diaryl/α,β-unsaturated/α-hetero) is 2. The van der Waals surface area contributed by atoms with Gasteiger partial charge < -0.3 is 34.3 Å². The third kappa shape index (κ3) is 4.05. The number of aryl methyl sites for hydroxylation is 1. The molecule has 0 spiro atoms. The number of esters is 2. The van der Waals surface area contributed by atoms with E-state index in [1.54, 1.807) is 20.8 Å². The molecule has 0 amide bonds. The molecule has 0 radical (unpaired) electrons. The van der Waals surface area contributed by atoms with Gasteiger partial charge in [-0.15, -0.1) is 0 Å². The Kier molecular flexibility index (Phi) is 5.90. The van der Waals surface area contributed by atoms with Crippen molar-refractivity contribution in [2.24, 2.45) is 5.92 Å². The maximum absolute atomic E-state index is 13.4. The van der Waals surface area contributed by atoms with Crippen molar-refractivity contribution < 1.29 is 53.4 Å². The van der Waals surface area contributed by atoms with Crippen LogP contribution in [-0.2, 0) is 19.1 Å². The number of fused-ring (bicyclic) bond motifs is 2. The lowest BCUT2D eigenvalue weighted by Gasteiger charge is -2.40.